The van der Waals surface area contributed by atoms with Gasteiger partial charge in [-0.1, -0.05) is 24.6 Å². The lowest BCUT2D eigenvalue weighted by molar-refractivity contribution is 0.0734. The molecule has 2 aromatic rings. The quantitative estimate of drug-likeness (QED) is 0.227. The lowest BCUT2D eigenvalue weighted by Gasteiger charge is -2.28. The molecule has 0 atom stereocenters. The summed E-state index contributed by atoms with van der Waals surface area (Å²) in [5.74, 6) is -1.25. The summed E-state index contributed by atoms with van der Waals surface area (Å²) >= 11 is 0. The number of ether oxygens (including phenoxy) is 1. The largest absolute Gasteiger partial charge is 0.423 e. The molecule has 0 saturated heterocycles. The SMILES string of the molecule is C=CCCCC1CCC(c2ccc(C(=O)Oc3ccc(F)c(F)c3)cc2)CC1. The molecule has 0 unspecified atom stereocenters. The molecule has 1 aliphatic carbocycles. The second-order valence-electron chi connectivity index (χ2n) is 7.52. The highest BCUT2D eigenvalue weighted by molar-refractivity contribution is 5.91. The number of carbonyl (C=O) groups excluding carboxylic acids is 1. The number of unbranched alkanes of at least 4 members (excludes halogenated alkanes) is 1. The standard InChI is InChI=1S/C24H26F2O2/c1-2-3-4-5-17-6-8-18(9-7-17)19-10-12-20(13-11-19)24(27)28-21-14-15-22(25)23(26)16-21/h2,10-18H,1,3-9H2. The second-order valence-corrected chi connectivity index (χ2v) is 7.52. The van der Waals surface area contributed by atoms with Crippen LogP contribution < -0.4 is 4.74 Å². The summed E-state index contributed by atoms with van der Waals surface area (Å²) in [7, 11) is 0. The van der Waals surface area contributed by atoms with Gasteiger partial charge < -0.3 is 4.74 Å². The summed E-state index contributed by atoms with van der Waals surface area (Å²) in [6.45, 7) is 3.78. The molecule has 0 radical (unpaired) electrons. The molecule has 0 bridgehead atoms. The first-order valence-corrected chi connectivity index (χ1v) is 9.95. The predicted molar refractivity (Wildman–Crippen MR) is 107 cm³/mol. The van der Waals surface area contributed by atoms with Crippen molar-refractivity contribution < 1.29 is 18.3 Å². The molecule has 0 amide bonds. The maximum absolute atomic E-state index is 13.2. The third-order valence-electron chi connectivity index (χ3n) is 5.59. The Morgan fingerprint density at radius 2 is 1.75 bits per heavy atom. The zero-order chi connectivity index (χ0) is 19.9. The van der Waals surface area contributed by atoms with Crippen molar-refractivity contribution in [3.63, 3.8) is 0 Å². The summed E-state index contributed by atoms with van der Waals surface area (Å²) in [6.07, 6.45) is 10.5. The lowest BCUT2D eigenvalue weighted by atomic mass is 9.77. The molecular formula is C24H26F2O2. The van der Waals surface area contributed by atoms with Gasteiger partial charge in [-0.3, -0.25) is 0 Å². The number of rotatable bonds is 7. The molecule has 1 saturated carbocycles. The number of carbonyl (C=O) groups is 1. The Morgan fingerprint density at radius 3 is 2.39 bits per heavy atom. The number of allylic oxidation sites excluding steroid dienone is 1. The zero-order valence-corrected chi connectivity index (χ0v) is 16.0. The molecule has 1 fully saturated rings. The number of esters is 1. The van der Waals surface area contributed by atoms with Gasteiger partial charge >= 0.3 is 5.97 Å². The molecule has 0 N–H and O–H groups in total. The predicted octanol–water partition coefficient (Wildman–Crippen LogP) is 6.81. The molecular weight excluding hydrogens is 358 g/mol. The first kappa shape index (κ1) is 20.2. The number of hydrogen-bond donors (Lipinski definition) is 0. The fourth-order valence-electron chi connectivity index (χ4n) is 3.93. The molecule has 2 nitrogen and oxygen atoms in total. The van der Waals surface area contributed by atoms with Crippen LogP contribution in [0, 0.1) is 17.6 Å². The van der Waals surface area contributed by atoms with E-state index >= 15 is 0 Å². The van der Waals surface area contributed by atoms with Crippen molar-refractivity contribution in [2.24, 2.45) is 5.92 Å². The Labute approximate surface area is 165 Å². The van der Waals surface area contributed by atoms with Crippen molar-refractivity contribution in [3.8, 4) is 5.75 Å². The third-order valence-corrected chi connectivity index (χ3v) is 5.59. The Morgan fingerprint density at radius 1 is 1.04 bits per heavy atom. The minimum atomic E-state index is -1.04. The van der Waals surface area contributed by atoms with Gasteiger partial charge in [0.25, 0.3) is 0 Å². The third kappa shape index (κ3) is 5.28. The normalized spacial score (nSPS) is 19.2. The molecule has 0 aromatic heterocycles. The lowest BCUT2D eigenvalue weighted by Crippen LogP contribution is -2.14. The van der Waals surface area contributed by atoms with E-state index in [-0.39, 0.29) is 5.75 Å². The van der Waals surface area contributed by atoms with E-state index in [1.54, 1.807) is 12.1 Å². The van der Waals surface area contributed by atoms with E-state index in [0.717, 1.165) is 24.5 Å². The van der Waals surface area contributed by atoms with Gasteiger partial charge in [0.15, 0.2) is 11.6 Å². The topological polar surface area (TPSA) is 26.3 Å². The van der Waals surface area contributed by atoms with Crippen LogP contribution in [-0.4, -0.2) is 5.97 Å². The van der Waals surface area contributed by atoms with Crippen LogP contribution >= 0.6 is 0 Å². The highest BCUT2D eigenvalue weighted by Gasteiger charge is 2.22. The molecule has 2 aromatic carbocycles. The molecule has 3 rings (SSSR count). The first-order valence-electron chi connectivity index (χ1n) is 9.95. The van der Waals surface area contributed by atoms with Gasteiger partial charge in [-0.15, -0.1) is 6.58 Å². The van der Waals surface area contributed by atoms with Crippen molar-refractivity contribution in [2.75, 3.05) is 0 Å². The molecule has 0 heterocycles. The maximum atomic E-state index is 13.2. The van der Waals surface area contributed by atoms with E-state index in [2.05, 4.69) is 6.58 Å². The van der Waals surface area contributed by atoms with Crippen molar-refractivity contribution in [3.05, 3.63) is 77.9 Å². The minimum absolute atomic E-state index is 0.0113. The monoisotopic (exact) mass is 384 g/mol. The summed E-state index contributed by atoms with van der Waals surface area (Å²) in [5, 5.41) is 0. The Hall–Kier alpha value is -2.49. The Kier molecular flexibility index (Phi) is 6.96. The van der Waals surface area contributed by atoms with Crippen LogP contribution in [0.15, 0.2) is 55.1 Å². The average Bonchev–Trinajstić information content (AvgIpc) is 2.72. The van der Waals surface area contributed by atoms with Gasteiger partial charge in [-0.25, -0.2) is 13.6 Å². The second kappa shape index (κ2) is 9.63. The van der Waals surface area contributed by atoms with E-state index in [9.17, 15) is 13.6 Å². The van der Waals surface area contributed by atoms with E-state index in [1.165, 1.54) is 50.2 Å². The molecule has 1 aliphatic rings. The zero-order valence-electron chi connectivity index (χ0n) is 16.0. The number of benzene rings is 2. The fraction of sp³-hybridized carbons (Fsp3) is 0.375. The van der Waals surface area contributed by atoms with Gasteiger partial charge in [0.2, 0.25) is 0 Å². The Balaban J connectivity index is 1.54. The van der Waals surface area contributed by atoms with Crippen molar-refractivity contribution in [1.82, 2.24) is 0 Å². The van der Waals surface area contributed by atoms with Crippen molar-refractivity contribution >= 4 is 5.97 Å². The van der Waals surface area contributed by atoms with Gasteiger partial charge in [0, 0.05) is 6.07 Å². The number of hydrogen-bond acceptors (Lipinski definition) is 2. The highest BCUT2D eigenvalue weighted by Crippen LogP contribution is 2.37. The van der Waals surface area contributed by atoms with Crippen LogP contribution in [0.25, 0.3) is 0 Å². The van der Waals surface area contributed by atoms with Gasteiger partial charge in [-0.2, -0.15) is 0 Å². The van der Waals surface area contributed by atoms with Gasteiger partial charge in [-0.05, 0) is 80.2 Å². The smallest absolute Gasteiger partial charge is 0.343 e. The first-order chi connectivity index (χ1) is 13.6. The van der Waals surface area contributed by atoms with Crippen LogP contribution in [0.4, 0.5) is 8.78 Å². The van der Waals surface area contributed by atoms with Crippen molar-refractivity contribution in [1.29, 1.82) is 0 Å². The van der Waals surface area contributed by atoms with E-state index < -0.39 is 17.6 Å². The van der Waals surface area contributed by atoms with Gasteiger partial charge in [0.1, 0.15) is 5.75 Å². The van der Waals surface area contributed by atoms with Crippen LogP contribution in [-0.2, 0) is 0 Å². The van der Waals surface area contributed by atoms with Crippen LogP contribution in [0.1, 0.15) is 66.8 Å². The molecule has 0 spiro atoms. The fourth-order valence-corrected chi connectivity index (χ4v) is 3.93. The average molecular weight is 384 g/mol. The van der Waals surface area contributed by atoms with Crippen LogP contribution in [0.2, 0.25) is 0 Å². The summed E-state index contributed by atoms with van der Waals surface area (Å²) in [4.78, 5) is 12.2. The summed E-state index contributed by atoms with van der Waals surface area (Å²) < 4.78 is 31.3. The van der Waals surface area contributed by atoms with Gasteiger partial charge in [0.05, 0.1) is 5.56 Å². The Bertz CT molecular complexity index is 806. The van der Waals surface area contributed by atoms with E-state index in [4.69, 9.17) is 4.74 Å². The minimum Gasteiger partial charge on any atom is -0.423 e. The maximum Gasteiger partial charge on any atom is 0.343 e. The highest BCUT2D eigenvalue weighted by atomic mass is 19.2. The van der Waals surface area contributed by atoms with Crippen molar-refractivity contribution in [2.45, 2.75) is 50.9 Å². The van der Waals surface area contributed by atoms with E-state index in [1.807, 2.05) is 18.2 Å². The molecule has 148 valence electrons. The molecule has 0 aliphatic heterocycles. The van der Waals surface area contributed by atoms with Crippen LogP contribution in [0.3, 0.4) is 0 Å². The van der Waals surface area contributed by atoms with Crippen LogP contribution in [0.5, 0.6) is 5.75 Å². The van der Waals surface area contributed by atoms with E-state index in [0.29, 0.717) is 11.5 Å². The summed E-state index contributed by atoms with van der Waals surface area (Å²) in [5.41, 5.74) is 1.64. The summed E-state index contributed by atoms with van der Waals surface area (Å²) in [6, 6.07) is 10.5. The number of halogens is 2. The molecule has 28 heavy (non-hydrogen) atoms. The molecule has 4 heteroatoms.